The van der Waals surface area contributed by atoms with E-state index < -0.39 is 5.97 Å². The Labute approximate surface area is 154 Å². The van der Waals surface area contributed by atoms with Crippen molar-refractivity contribution in [3.8, 4) is 0 Å². The van der Waals surface area contributed by atoms with Crippen LogP contribution in [0.5, 0.6) is 0 Å². The van der Waals surface area contributed by atoms with Crippen LogP contribution >= 0.6 is 0 Å². The van der Waals surface area contributed by atoms with Crippen LogP contribution < -0.4 is 0 Å². The van der Waals surface area contributed by atoms with Gasteiger partial charge in [-0.15, -0.1) is 0 Å². The average Bonchev–Trinajstić information content (AvgIpc) is 2.57. The van der Waals surface area contributed by atoms with E-state index in [1.165, 1.54) is 17.8 Å². The molecule has 2 aromatic rings. The second-order valence-corrected chi connectivity index (χ2v) is 8.57. The second-order valence-electron chi connectivity index (χ2n) is 8.57. The number of ketones is 1. The maximum Gasteiger partial charge on any atom is 0.354 e. The Morgan fingerprint density at radius 1 is 1.04 bits per heavy atom. The summed E-state index contributed by atoms with van der Waals surface area (Å²) in [6.07, 6.45) is 3.47. The van der Waals surface area contributed by atoms with Gasteiger partial charge in [-0.3, -0.25) is 4.79 Å². The van der Waals surface area contributed by atoms with Gasteiger partial charge in [-0.05, 0) is 59.9 Å². The summed E-state index contributed by atoms with van der Waals surface area (Å²) >= 11 is 0. The molecular weight excluding hydrogens is 326 g/mol. The molecule has 136 valence electrons. The van der Waals surface area contributed by atoms with Crippen LogP contribution in [0.15, 0.2) is 30.5 Å². The molecule has 0 saturated carbocycles. The highest BCUT2D eigenvalue weighted by Gasteiger charge is 2.40. The smallest absolute Gasteiger partial charge is 0.354 e. The van der Waals surface area contributed by atoms with Gasteiger partial charge in [0.2, 0.25) is 0 Å². The Morgan fingerprint density at radius 2 is 1.69 bits per heavy atom. The lowest BCUT2D eigenvalue weighted by atomic mass is 9.61. The molecule has 0 bridgehead atoms. The Hall–Kier alpha value is -2.49. The van der Waals surface area contributed by atoms with E-state index in [1.54, 1.807) is 6.07 Å². The summed E-state index contributed by atoms with van der Waals surface area (Å²) in [7, 11) is 0. The van der Waals surface area contributed by atoms with E-state index in [0.717, 1.165) is 24.0 Å². The van der Waals surface area contributed by atoms with Gasteiger partial charge >= 0.3 is 5.97 Å². The summed E-state index contributed by atoms with van der Waals surface area (Å²) in [6, 6.07) is 7.09. The fourth-order valence-corrected chi connectivity index (χ4v) is 3.92. The quantitative estimate of drug-likeness (QED) is 0.816. The first-order valence-electron chi connectivity index (χ1n) is 8.92. The summed E-state index contributed by atoms with van der Waals surface area (Å²) in [6.45, 7) is 10.9. The van der Waals surface area contributed by atoms with E-state index in [1.807, 2.05) is 13.0 Å². The van der Waals surface area contributed by atoms with Gasteiger partial charge in [0.05, 0.1) is 0 Å². The van der Waals surface area contributed by atoms with E-state index in [0.29, 0.717) is 11.1 Å². The molecule has 0 radical (unpaired) electrons. The Balaban J connectivity index is 2.18. The lowest BCUT2D eigenvalue weighted by molar-refractivity contribution is 0.0690. The normalized spacial score (nSPS) is 17.4. The topological polar surface area (TPSA) is 67.3 Å². The number of rotatable bonds is 3. The highest BCUT2D eigenvalue weighted by Crippen LogP contribution is 2.47. The number of fused-ring (bicyclic) bond motifs is 1. The number of aromatic carboxylic acids is 1. The van der Waals surface area contributed by atoms with E-state index >= 15 is 0 Å². The third-order valence-corrected chi connectivity index (χ3v) is 5.55. The van der Waals surface area contributed by atoms with Gasteiger partial charge in [0.1, 0.15) is 5.69 Å². The number of carboxylic acids is 1. The summed E-state index contributed by atoms with van der Waals surface area (Å²) in [4.78, 5) is 28.2. The van der Waals surface area contributed by atoms with Crippen LogP contribution in [0.25, 0.3) is 0 Å². The number of nitrogens with zero attached hydrogens (tertiary/aromatic N) is 1. The van der Waals surface area contributed by atoms with Gasteiger partial charge in [0, 0.05) is 17.3 Å². The van der Waals surface area contributed by atoms with Crippen molar-refractivity contribution in [1.82, 2.24) is 4.98 Å². The zero-order valence-corrected chi connectivity index (χ0v) is 16.0. The number of benzene rings is 1. The molecule has 0 saturated heterocycles. The molecule has 1 aromatic heterocycles. The molecule has 0 spiro atoms. The molecule has 3 rings (SSSR count). The fourth-order valence-electron chi connectivity index (χ4n) is 3.92. The monoisotopic (exact) mass is 351 g/mol. The van der Waals surface area contributed by atoms with E-state index in [4.69, 9.17) is 5.11 Å². The Morgan fingerprint density at radius 3 is 2.27 bits per heavy atom. The third-order valence-electron chi connectivity index (χ3n) is 5.55. The van der Waals surface area contributed by atoms with Crippen molar-refractivity contribution in [2.45, 2.75) is 58.3 Å². The lowest BCUT2D eigenvalue weighted by Gasteiger charge is -2.43. The minimum Gasteiger partial charge on any atom is -0.477 e. The Kier molecular flexibility index (Phi) is 4.26. The van der Waals surface area contributed by atoms with Gasteiger partial charge in [-0.25, -0.2) is 9.78 Å². The molecule has 0 aliphatic heterocycles. The summed E-state index contributed by atoms with van der Waals surface area (Å²) < 4.78 is 0. The molecule has 0 unspecified atom stereocenters. The molecule has 1 aliphatic rings. The van der Waals surface area contributed by atoms with Crippen molar-refractivity contribution in [2.75, 3.05) is 0 Å². The van der Waals surface area contributed by atoms with Crippen LogP contribution in [0.1, 0.15) is 83.6 Å². The van der Waals surface area contributed by atoms with Crippen molar-refractivity contribution in [2.24, 2.45) is 0 Å². The van der Waals surface area contributed by atoms with Crippen LogP contribution in [-0.4, -0.2) is 21.8 Å². The predicted molar refractivity (Wildman–Crippen MR) is 101 cm³/mol. The molecule has 0 fully saturated rings. The van der Waals surface area contributed by atoms with Crippen molar-refractivity contribution in [1.29, 1.82) is 0 Å². The van der Waals surface area contributed by atoms with Gasteiger partial charge < -0.3 is 5.11 Å². The first-order chi connectivity index (χ1) is 12.0. The van der Waals surface area contributed by atoms with Crippen molar-refractivity contribution < 1.29 is 14.7 Å². The lowest BCUT2D eigenvalue weighted by Crippen LogP contribution is -2.36. The fraction of sp³-hybridized carbons (Fsp3) is 0.409. The number of carboxylic acid groups (broad SMARTS) is 1. The molecule has 1 aliphatic carbocycles. The number of aryl methyl sites for hydroxylation is 1. The zero-order chi connectivity index (χ0) is 19.3. The second kappa shape index (κ2) is 6.04. The van der Waals surface area contributed by atoms with Gasteiger partial charge in [-0.2, -0.15) is 0 Å². The first kappa shape index (κ1) is 18.3. The minimum atomic E-state index is -1.10. The SMILES string of the molecule is Cc1cc(C(=O)c2ccc(C(=O)O)nc2)c2c(c1)C(C)(C)CCC2(C)C. The molecule has 4 nitrogen and oxygen atoms in total. The summed E-state index contributed by atoms with van der Waals surface area (Å²) in [5.74, 6) is -1.19. The van der Waals surface area contributed by atoms with Gasteiger partial charge in [0.25, 0.3) is 0 Å². The summed E-state index contributed by atoms with van der Waals surface area (Å²) in [5.41, 5.74) is 4.43. The van der Waals surface area contributed by atoms with Crippen LogP contribution in [0.3, 0.4) is 0 Å². The van der Waals surface area contributed by atoms with E-state index in [2.05, 4.69) is 38.7 Å². The standard InChI is InChI=1S/C22H25NO3/c1-13-10-15(19(24)14-6-7-17(20(25)26)23-12-14)18-16(11-13)21(2,3)8-9-22(18,4)5/h6-7,10-12H,8-9H2,1-5H3,(H,25,26). The maximum absolute atomic E-state index is 13.3. The van der Waals surface area contributed by atoms with Gasteiger partial charge in [-0.1, -0.05) is 39.3 Å². The number of hydrogen-bond donors (Lipinski definition) is 1. The first-order valence-corrected chi connectivity index (χ1v) is 8.92. The molecule has 1 heterocycles. The largest absolute Gasteiger partial charge is 0.477 e. The third kappa shape index (κ3) is 3.05. The average molecular weight is 351 g/mol. The molecule has 1 aromatic carbocycles. The van der Waals surface area contributed by atoms with Crippen LogP contribution in [0, 0.1) is 6.92 Å². The minimum absolute atomic E-state index is 0.0251. The number of hydrogen-bond acceptors (Lipinski definition) is 3. The molecular formula is C22H25NO3. The molecule has 1 N–H and O–H groups in total. The highest BCUT2D eigenvalue weighted by atomic mass is 16.4. The van der Waals surface area contributed by atoms with E-state index in [-0.39, 0.29) is 22.3 Å². The van der Waals surface area contributed by atoms with Gasteiger partial charge in [0.15, 0.2) is 5.78 Å². The van der Waals surface area contributed by atoms with Crippen molar-refractivity contribution >= 4 is 11.8 Å². The number of carbonyl (C=O) groups is 2. The molecule has 0 amide bonds. The number of pyridine rings is 1. The molecule has 26 heavy (non-hydrogen) atoms. The highest BCUT2D eigenvalue weighted by molar-refractivity contribution is 6.10. The van der Waals surface area contributed by atoms with Crippen LogP contribution in [-0.2, 0) is 10.8 Å². The van der Waals surface area contributed by atoms with Crippen LogP contribution in [0.2, 0.25) is 0 Å². The number of aromatic nitrogens is 1. The van der Waals surface area contributed by atoms with Crippen molar-refractivity contribution in [3.63, 3.8) is 0 Å². The Bertz CT molecular complexity index is 892. The number of carbonyl (C=O) groups excluding carboxylic acids is 1. The molecule has 0 atom stereocenters. The summed E-state index contributed by atoms with van der Waals surface area (Å²) in [5, 5.41) is 9.00. The molecule has 4 heteroatoms. The zero-order valence-electron chi connectivity index (χ0n) is 16.0. The maximum atomic E-state index is 13.3. The van der Waals surface area contributed by atoms with Crippen molar-refractivity contribution in [3.05, 3.63) is 64.0 Å². The predicted octanol–water partition coefficient (Wildman–Crippen LogP) is 4.67. The van der Waals surface area contributed by atoms with Crippen LogP contribution in [0.4, 0.5) is 0 Å². The van der Waals surface area contributed by atoms with E-state index in [9.17, 15) is 9.59 Å².